The molecule has 0 radical (unpaired) electrons. The first-order valence-electron chi connectivity index (χ1n) is 6.32. The second kappa shape index (κ2) is 9.39. The van der Waals surface area contributed by atoms with Gasteiger partial charge in [-0.25, -0.2) is 0 Å². The van der Waals surface area contributed by atoms with Crippen molar-refractivity contribution in [2.45, 2.75) is 30.9 Å². The van der Waals surface area contributed by atoms with Crippen molar-refractivity contribution in [1.82, 2.24) is 5.32 Å². The molecule has 0 fully saturated rings. The fourth-order valence-electron chi connectivity index (χ4n) is 1.64. The van der Waals surface area contributed by atoms with Gasteiger partial charge in [0.25, 0.3) is 0 Å². The average molecular weight is 289 g/mol. The summed E-state index contributed by atoms with van der Waals surface area (Å²) in [6, 6.07) is 3.77. The van der Waals surface area contributed by atoms with E-state index < -0.39 is 6.10 Å². The van der Waals surface area contributed by atoms with Gasteiger partial charge in [0, 0.05) is 17.8 Å². The van der Waals surface area contributed by atoms with Gasteiger partial charge in [-0.05, 0) is 25.3 Å². The van der Waals surface area contributed by atoms with Crippen LogP contribution in [0.15, 0.2) is 22.8 Å². The first-order chi connectivity index (χ1) is 9.17. The molecule has 1 rings (SSSR count). The lowest BCUT2D eigenvalue weighted by atomic mass is 10.2. The van der Waals surface area contributed by atoms with Crippen LogP contribution in [-0.4, -0.2) is 53.6 Å². The summed E-state index contributed by atoms with van der Waals surface area (Å²) in [4.78, 5) is 0. The van der Waals surface area contributed by atoms with Crippen LogP contribution in [0.2, 0.25) is 0 Å². The van der Waals surface area contributed by atoms with Gasteiger partial charge in [0.1, 0.15) is 12.4 Å². The molecule has 19 heavy (non-hydrogen) atoms. The molecule has 0 aliphatic rings. The lowest BCUT2D eigenvalue weighted by molar-refractivity contribution is 0.0215. The fraction of sp³-hybridized carbons (Fsp3) is 0.692. The van der Waals surface area contributed by atoms with Gasteiger partial charge in [-0.1, -0.05) is 0 Å². The lowest BCUT2D eigenvalue weighted by Crippen LogP contribution is -2.42. The van der Waals surface area contributed by atoms with E-state index in [0.29, 0.717) is 13.2 Å². The van der Waals surface area contributed by atoms with E-state index in [1.807, 2.05) is 19.2 Å². The molecule has 0 aliphatic carbocycles. The summed E-state index contributed by atoms with van der Waals surface area (Å²) in [5, 5.41) is 22.2. The topological polar surface area (TPSA) is 74.9 Å². The van der Waals surface area contributed by atoms with Crippen LogP contribution in [0, 0.1) is 0 Å². The van der Waals surface area contributed by atoms with Gasteiger partial charge in [-0.15, -0.1) is 0 Å². The molecule has 0 aliphatic heterocycles. The highest BCUT2D eigenvalue weighted by Gasteiger charge is 2.15. The number of hydrogen-bond donors (Lipinski definition) is 3. The molecule has 0 saturated carbocycles. The van der Waals surface area contributed by atoms with Crippen molar-refractivity contribution in [2.24, 2.45) is 0 Å². The van der Waals surface area contributed by atoms with Gasteiger partial charge in [0.15, 0.2) is 0 Å². The molecule has 0 saturated heterocycles. The summed E-state index contributed by atoms with van der Waals surface area (Å²) < 4.78 is 10.5. The normalized spacial score (nSPS) is 16.2. The Balaban J connectivity index is 2.11. The number of rotatable bonds is 10. The van der Waals surface area contributed by atoms with Crippen molar-refractivity contribution in [1.29, 1.82) is 0 Å². The zero-order valence-corrected chi connectivity index (χ0v) is 12.2. The molecule has 6 heteroatoms. The van der Waals surface area contributed by atoms with Gasteiger partial charge in [-0.3, -0.25) is 0 Å². The van der Waals surface area contributed by atoms with Gasteiger partial charge in [0.05, 0.1) is 25.6 Å². The molecule has 110 valence electrons. The van der Waals surface area contributed by atoms with E-state index in [2.05, 4.69) is 5.32 Å². The monoisotopic (exact) mass is 289 g/mol. The smallest absolute Gasteiger partial charge is 0.129 e. The van der Waals surface area contributed by atoms with E-state index in [-0.39, 0.29) is 24.5 Å². The van der Waals surface area contributed by atoms with Gasteiger partial charge >= 0.3 is 0 Å². The van der Waals surface area contributed by atoms with Crippen LogP contribution in [0.1, 0.15) is 12.7 Å². The fourth-order valence-corrected chi connectivity index (χ4v) is 2.29. The van der Waals surface area contributed by atoms with Crippen molar-refractivity contribution >= 4 is 11.8 Å². The predicted molar refractivity (Wildman–Crippen MR) is 76.2 cm³/mol. The second-order valence-electron chi connectivity index (χ2n) is 4.40. The summed E-state index contributed by atoms with van der Waals surface area (Å²) in [7, 11) is 0. The number of aliphatic hydroxyl groups excluding tert-OH is 2. The highest BCUT2D eigenvalue weighted by molar-refractivity contribution is 7.99. The largest absolute Gasteiger partial charge is 0.467 e. The van der Waals surface area contributed by atoms with Crippen LogP contribution in [0.5, 0.6) is 0 Å². The van der Waals surface area contributed by atoms with Gasteiger partial charge < -0.3 is 24.7 Å². The summed E-state index contributed by atoms with van der Waals surface area (Å²) in [6.07, 6.45) is 2.98. The first-order valence-corrected chi connectivity index (χ1v) is 7.61. The lowest BCUT2D eigenvalue weighted by Gasteiger charge is -2.22. The standard InChI is InChI=1S/C13H23NO4S/c1-10(13(7-15)19-2)14-6-11(16)8-17-9-12-4-3-5-18-12/h3-5,10-11,13-16H,6-9H2,1-2H3. The van der Waals surface area contributed by atoms with Crippen molar-refractivity contribution < 1.29 is 19.4 Å². The molecule has 0 amide bonds. The highest BCUT2D eigenvalue weighted by atomic mass is 32.2. The van der Waals surface area contributed by atoms with Crippen molar-refractivity contribution in [3.05, 3.63) is 24.2 Å². The minimum atomic E-state index is -0.571. The molecular weight excluding hydrogens is 266 g/mol. The molecule has 5 nitrogen and oxygen atoms in total. The average Bonchev–Trinajstić information content (AvgIpc) is 2.91. The van der Waals surface area contributed by atoms with Crippen molar-refractivity contribution in [2.75, 3.05) is 26.0 Å². The van der Waals surface area contributed by atoms with Gasteiger partial charge in [-0.2, -0.15) is 11.8 Å². The molecule has 0 bridgehead atoms. The number of nitrogens with one attached hydrogen (secondary N) is 1. The third-order valence-corrected chi connectivity index (χ3v) is 4.01. The van der Waals surface area contributed by atoms with Crippen LogP contribution >= 0.6 is 11.8 Å². The summed E-state index contributed by atoms with van der Waals surface area (Å²) in [5.41, 5.74) is 0. The third-order valence-electron chi connectivity index (χ3n) is 2.85. The minimum absolute atomic E-state index is 0.125. The van der Waals surface area contributed by atoms with Crippen molar-refractivity contribution in [3.63, 3.8) is 0 Å². The predicted octanol–water partition coefficient (Wildman–Crippen LogP) is 0.859. The zero-order valence-electron chi connectivity index (χ0n) is 11.4. The SMILES string of the molecule is CSC(CO)C(C)NCC(O)COCc1ccco1. The van der Waals surface area contributed by atoms with Crippen LogP contribution in [0.4, 0.5) is 0 Å². The highest BCUT2D eigenvalue weighted by Crippen LogP contribution is 2.10. The van der Waals surface area contributed by atoms with E-state index in [1.165, 1.54) is 0 Å². The van der Waals surface area contributed by atoms with Crippen LogP contribution in [0.3, 0.4) is 0 Å². The van der Waals surface area contributed by atoms with E-state index >= 15 is 0 Å². The summed E-state index contributed by atoms with van der Waals surface area (Å²) >= 11 is 1.61. The van der Waals surface area contributed by atoms with E-state index in [9.17, 15) is 5.11 Å². The Bertz CT molecular complexity index is 316. The maximum absolute atomic E-state index is 9.77. The molecule has 3 N–H and O–H groups in total. The number of ether oxygens (including phenoxy) is 1. The third kappa shape index (κ3) is 6.44. The Kier molecular flexibility index (Phi) is 8.16. The first kappa shape index (κ1) is 16.5. The maximum atomic E-state index is 9.77. The quantitative estimate of drug-likeness (QED) is 0.593. The molecule has 0 aromatic carbocycles. The zero-order chi connectivity index (χ0) is 14.1. The second-order valence-corrected chi connectivity index (χ2v) is 5.48. The number of thioether (sulfide) groups is 1. The molecule has 3 atom stereocenters. The molecule has 1 heterocycles. The van der Waals surface area contributed by atoms with E-state index in [4.69, 9.17) is 14.3 Å². The Labute approximate surface area is 118 Å². The molecular formula is C13H23NO4S. The summed E-state index contributed by atoms with van der Waals surface area (Å²) in [6.45, 7) is 3.18. The number of aliphatic hydroxyl groups is 2. The Morgan fingerprint density at radius 3 is 2.89 bits per heavy atom. The number of hydrogen-bond acceptors (Lipinski definition) is 6. The van der Waals surface area contributed by atoms with Crippen LogP contribution < -0.4 is 5.32 Å². The molecule has 3 unspecified atom stereocenters. The van der Waals surface area contributed by atoms with E-state index in [1.54, 1.807) is 24.1 Å². The maximum Gasteiger partial charge on any atom is 0.129 e. The van der Waals surface area contributed by atoms with E-state index in [0.717, 1.165) is 5.76 Å². The van der Waals surface area contributed by atoms with Crippen molar-refractivity contribution in [3.8, 4) is 0 Å². The molecule has 1 aromatic heterocycles. The Morgan fingerprint density at radius 2 is 2.32 bits per heavy atom. The summed E-state index contributed by atoms with van der Waals surface area (Å²) in [5.74, 6) is 0.747. The number of furan rings is 1. The van der Waals surface area contributed by atoms with Crippen LogP contribution in [-0.2, 0) is 11.3 Å². The van der Waals surface area contributed by atoms with Crippen LogP contribution in [0.25, 0.3) is 0 Å². The molecule has 1 aromatic rings. The minimum Gasteiger partial charge on any atom is -0.467 e. The molecule has 0 spiro atoms. The van der Waals surface area contributed by atoms with Gasteiger partial charge in [0.2, 0.25) is 0 Å². The Morgan fingerprint density at radius 1 is 1.53 bits per heavy atom. The Hall–Kier alpha value is -0.530.